The predicted molar refractivity (Wildman–Crippen MR) is 112 cm³/mol. The summed E-state index contributed by atoms with van der Waals surface area (Å²) in [6.45, 7) is 0.0461. The fourth-order valence-corrected chi connectivity index (χ4v) is 4.31. The molecule has 1 unspecified atom stereocenters. The Balaban J connectivity index is 1.79. The zero-order valence-electron chi connectivity index (χ0n) is 15.9. The molecule has 1 N–H and O–H groups in total. The van der Waals surface area contributed by atoms with Crippen LogP contribution in [0.2, 0.25) is 0 Å². The topological polar surface area (TPSA) is 101 Å². The van der Waals surface area contributed by atoms with Gasteiger partial charge in [-0.3, -0.25) is 19.7 Å². The predicted octanol–water partition coefficient (Wildman–Crippen LogP) is 4.42. The van der Waals surface area contributed by atoms with Crippen molar-refractivity contribution in [1.29, 1.82) is 0 Å². The van der Waals surface area contributed by atoms with E-state index < -0.39 is 34.2 Å². The number of aliphatic hydroxyl groups excluding tert-OH is 1. The Kier molecular flexibility index (Phi) is 5.35. The van der Waals surface area contributed by atoms with Crippen molar-refractivity contribution in [3.8, 4) is 0 Å². The van der Waals surface area contributed by atoms with Crippen molar-refractivity contribution >= 4 is 34.5 Å². The van der Waals surface area contributed by atoms with Gasteiger partial charge in [-0.05, 0) is 41.3 Å². The summed E-state index contributed by atoms with van der Waals surface area (Å²) in [5.41, 5.74) is 0.554. The second-order valence-corrected chi connectivity index (χ2v) is 7.85. The van der Waals surface area contributed by atoms with Crippen LogP contribution in [0.1, 0.15) is 22.0 Å². The third kappa shape index (κ3) is 3.82. The molecular formula is C22H15FN2O5S. The summed E-state index contributed by atoms with van der Waals surface area (Å²) in [7, 11) is 0. The summed E-state index contributed by atoms with van der Waals surface area (Å²) in [5, 5.41) is 23.6. The number of rotatable bonds is 5. The summed E-state index contributed by atoms with van der Waals surface area (Å²) in [4.78, 5) is 38.0. The van der Waals surface area contributed by atoms with Gasteiger partial charge in [0.2, 0.25) is 0 Å². The molecule has 0 aliphatic carbocycles. The molecule has 4 rings (SSSR count). The second kappa shape index (κ2) is 8.11. The largest absolute Gasteiger partial charge is 0.507 e. The number of nitro groups is 1. The number of halogens is 1. The van der Waals surface area contributed by atoms with E-state index in [1.807, 2.05) is 0 Å². The highest BCUT2D eigenvalue weighted by Gasteiger charge is 2.46. The molecule has 156 valence electrons. The molecule has 0 radical (unpaired) electrons. The highest BCUT2D eigenvalue weighted by atomic mass is 32.1. The Bertz CT molecular complexity index is 1190. The molecule has 1 atom stereocenters. The van der Waals surface area contributed by atoms with Gasteiger partial charge in [0.15, 0.2) is 0 Å². The Morgan fingerprint density at radius 3 is 2.35 bits per heavy atom. The van der Waals surface area contributed by atoms with Crippen LogP contribution in [0.15, 0.2) is 71.6 Å². The number of nitrogens with zero attached hydrogens (tertiary/aromatic N) is 2. The average Bonchev–Trinajstić information content (AvgIpc) is 3.37. The lowest BCUT2D eigenvalue weighted by molar-refractivity contribution is -0.384. The number of likely N-dealkylation sites (tertiary alicyclic amines) is 1. The lowest BCUT2D eigenvalue weighted by Gasteiger charge is -2.24. The molecule has 1 fully saturated rings. The highest BCUT2D eigenvalue weighted by Crippen LogP contribution is 2.42. The van der Waals surface area contributed by atoms with Crippen molar-refractivity contribution < 1.29 is 24.0 Å². The second-order valence-electron chi connectivity index (χ2n) is 6.87. The molecule has 1 saturated heterocycles. The molecule has 1 aromatic heterocycles. The van der Waals surface area contributed by atoms with Gasteiger partial charge in [0.25, 0.3) is 17.4 Å². The van der Waals surface area contributed by atoms with E-state index in [4.69, 9.17) is 0 Å². The molecule has 0 bridgehead atoms. The number of carbonyl (C=O) groups excluding carboxylic acids is 2. The fourth-order valence-electron chi connectivity index (χ4n) is 3.47. The average molecular weight is 438 g/mol. The first-order chi connectivity index (χ1) is 14.9. The van der Waals surface area contributed by atoms with E-state index in [0.717, 1.165) is 0 Å². The number of ketones is 1. The van der Waals surface area contributed by atoms with E-state index >= 15 is 0 Å². The molecule has 0 saturated carbocycles. The zero-order chi connectivity index (χ0) is 22.1. The van der Waals surface area contributed by atoms with Crippen molar-refractivity contribution in [1.82, 2.24) is 4.90 Å². The summed E-state index contributed by atoms with van der Waals surface area (Å²) in [6, 6.07) is 13.3. The van der Waals surface area contributed by atoms with Crippen LogP contribution in [0, 0.1) is 15.9 Å². The van der Waals surface area contributed by atoms with Gasteiger partial charge in [-0.2, -0.15) is 0 Å². The normalized spacial score (nSPS) is 17.8. The third-order valence-corrected chi connectivity index (χ3v) is 5.90. The van der Waals surface area contributed by atoms with Crippen molar-refractivity contribution in [2.24, 2.45) is 0 Å². The Hall–Kier alpha value is -3.85. The maximum absolute atomic E-state index is 13.3. The first-order valence-corrected chi connectivity index (χ1v) is 10.1. The Morgan fingerprint density at radius 2 is 1.77 bits per heavy atom. The smallest absolute Gasteiger partial charge is 0.295 e. The third-order valence-electron chi connectivity index (χ3n) is 4.97. The van der Waals surface area contributed by atoms with Crippen LogP contribution in [-0.2, 0) is 16.1 Å². The number of carbonyl (C=O) groups is 2. The van der Waals surface area contributed by atoms with E-state index in [-0.39, 0.29) is 23.4 Å². The maximum atomic E-state index is 13.3. The van der Waals surface area contributed by atoms with Gasteiger partial charge in [0.05, 0.1) is 16.5 Å². The van der Waals surface area contributed by atoms with Crippen LogP contribution in [0.3, 0.4) is 0 Å². The lowest BCUT2D eigenvalue weighted by Crippen LogP contribution is -2.28. The number of amides is 1. The first-order valence-electron chi connectivity index (χ1n) is 9.18. The number of hydrogen-bond acceptors (Lipinski definition) is 6. The molecule has 31 heavy (non-hydrogen) atoms. The summed E-state index contributed by atoms with van der Waals surface area (Å²) >= 11 is 1.32. The van der Waals surface area contributed by atoms with Crippen LogP contribution in [0.4, 0.5) is 10.1 Å². The van der Waals surface area contributed by atoms with Gasteiger partial charge in [-0.1, -0.05) is 18.2 Å². The Morgan fingerprint density at radius 1 is 1.10 bits per heavy atom. The number of hydrogen-bond donors (Lipinski definition) is 1. The number of aliphatic hydroxyl groups is 1. The van der Waals surface area contributed by atoms with E-state index in [1.165, 1.54) is 64.8 Å². The highest BCUT2D eigenvalue weighted by molar-refractivity contribution is 7.10. The number of non-ortho nitro benzene ring substituents is 1. The van der Waals surface area contributed by atoms with Gasteiger partial charge >= 0.3 is 0 Å². The van der Waals surface area contributed by atoms with Crippen LogP contribution in [-0.4, -0.2) is 26.6 Å². The van der Waals surface area contributed by atoms with Crippen LogP contribution in [0.5, 0.6) is 0 Å². The quantitative estimate of drug-likeness (QED) is 0.209. The van der Waals surface area contributed by atoms with Crippen LogP contribution >= 0.6 is 11.3 Å². The van der Waals surface area contributed by atoms with Gasteiger partial charge in [0.1, 0.15) is 11.6 Å². The molecule has 2 heterocycles. The molecule has 2 aromatic carbocycles. The molecule has 1 aliphatic heterocycles. The maximum Gasteiger partial charge on any atom is 0.295 e. The first kappa shape index (κ1) is 20.4. The monoisotopic (exact) mass is 438 g/mol. The Labute approximate surface area is 179 Å². The van der Waals surface area contributed by atoms with Crippen molar-refractivity contribution in [3.05, 3.63) is 104 Å². The minimum atomic E-state index is -0.851. The van der Waals surface area contributed by atoms with Crippen molar-refractivity contribution in [2.75, 3.05) is 0 Å². The fraction of sp³-hybridized carbons (Fsp3) is 0.0909. The van der Waals surface area contributed by atoms with Crippen LogP contribution in [0.25, 0.3) is 5.76 Å². The van der Waals surface area contributed by atoms with Crippen molar-refractivity contribution in [2.45, 2.75) is 12.6 Å². The van der Waals surface area contributed by atoms with E-state index in [0.29, 0.717) is 10.4 Å². The number of thiophene rings is 1. The summed E-state index contributed by atoms with van der Waals surface area (Å²) < 4.78 is 13.3. The lowest BCUT2D eigenvalue weighted by atomic mass is 9.99. The SMILES string of the molecule is O=C1C(=O)N(Cc2ccc(F)cc2)C(c2cccs2)/C1=C(/O)c1ccc([N+](=O)[O-])cc1. The van der Waals surface area contributed by atoms with Gasteiger partial charge in [-0.25, -0.2) is 4.39 Å². The van der Waals surface area contributed by atoms with Crippen molar-refractivity contribution in [3.63, 3.8) is 0 Å². The molecule has 7 nitrogen and oxygen atoms in total. The van der Waals surface area contributed by atoms with E-state index in [2.05, 4.69) is 0 Å². The summed E-state index contributed by atoms with van der Waals surface area (Å²) in [6.07, 6.45) is 0. The molecular weight excluding hydrogens is 423 g/mol. The minimum Gasteiger partial charge on any atom is -0.507 e. The molecule has 1 amide bonds. The standard InChI is InChI=1S/C22H15FN2O5S/c23-15-7-3-13(4-8-15)12-24-19(17-2-1-11-31-17)18(21(27)22(24)28)20(26)14-5-9-16(10-6-14)25(29)30/h1-11,19,26H,12H2/b20-18-. The van der Waals surface area contributed by atoms with Gasteiger partial charge < -0.3 is 10.0 Å². The number of benzene rings is 2. The zero-order valence-corrected chi connectivity index (χ0v) is 16.7. The molecule has 3 aromatic rings. The van der Waals surface area contributed by atoms with E-state index in [9.17, 15) is 29.2 Å². The number of nitro benzene ring substituents is 1. The van der Waals surface area contributed by atoms with Gasteiger partial charge in [0, 0.05) is 29.1 Å². The van der Waals surface area contributed by atoms with Gasteiger partial charge in [-0.15, -0.1) is 11.3 Å². The molecule has 9 heteroatoms. The molecule has 0 spiro atoms. The number of Topliss-reactive ketones (excluding diaryl/α,β-unsaturated/α-hetero) is 1. The minimum absolute atomic E-state index is 0.0461. The van der Waals surface area contributed by atoms with Crippen LogP contribution < -0.4 is 0 Å². The molecule has 1 aliphatic rings. The van der Waals surface area contributed by atoms with E-state index in [1.54, 1.807) is 17.5 Å². The summed E-state index contributed by atoms with van der Waals surface area (Å²) in [5.74, 6) is -2.46.